The number of anilines is 2. The number of sulfonamides is 1. The lowest BCUT2D eigenvalue weighted by molar-refractivity contribution is -0.125. The zero-order valence-corrected chi connectivity index (χ0v) is 22.3. The van der Waals surface area contributed by atoms with Crippen LogP contribution in [0.25, 0.3) is 10.8 Å². The van der Waals surface area contributed by atoms with Gasteiger partial charge in [0.2, 0.25) is 5.91 Å². The fourth-order valence-electron chi connectivity index (χ4n) is 4.67. The van der Waals surface area contributed by atoms with Crippen LogP contribution in [-0.2, 0) is 14.8 Å². The summed E-state index contributed by atoms with van der Waals surface area (Å²) < 4.78 is 29.5. The molecular weight excluding hydrogens is 490 g/mol. The molecule has 4 rings (SSSR count). The topological polar surface area (TPSA) is 119 Å². The Hall–Kier alpha value is -2.98. The Bertz CT molecular complexity index is 1360. The fraction of sp³-hybridized carbons (Fsp3) is 0.393. The summed E-state index contributed by atoms with van der Waals surface area (Å²) in [4.78, 5) is 14.5. The highest BCUT2D eigenvalue weighted by Crippen LogP contribution is 2.36. The van der Waals surface area contributed by atoms with Gasteiger partial charge in [0.25, 0.3) is 10.0 Å². The Morgan fingerprint density at radius 2 is 1.59 bits per heavy atom. The van der Waals surface area contributed by atoms with E-state index in [2.05, 4.69) is 10.0 Å². The van der Waals surface area contributed by atoms with E-state index in [0.717, 1.165) is 36.9 Å². The quantitative estimate of drug-likeness (QED) is 0.351. The van der Waals surface area contributed by atoms with Gasteiger partial charge in [-0.05, 0) is 80.8 Å². The van der Waals surface area contributed by atoms with Crippen molar-refractivity contribution in [2.24, 2.45) is 5.41 Å². The van der Waals surface area contributed by atoms with Gasteiger partial charge in [-0.1, -0.05) is 30.3 Å². The maximum Gasteiger partial charge on any atom is 0.262 e. The molecule has 37 heavy (non-hydrogen) atoms. The van der Waals surface area contributed by atoms with Gasteiger partial charge < -0.3 is 15.5 Å². The minimum atomic E-state index is -3.88. The molecule has 0 aliphatic carbocycles. The van der Waals surface area contributed by atoms with Gasteiger partial charge in [-0.25, -0.2) is 8.42 Å². The lowest BCUT2D eigenvalue weighted by Crippen LogP contribution is -2.39. The molecule has 1 aliphatic rings. The van der Waals surface area contributed by atoms with Gasteiger partial charge in [-0.15, -0.1) is 0 Å². The average molecular weight is 526 g/mol. The highest BCUT2D eigenvalue weighted by atomic mass is 32.2. The Morgan fingerprint density at radius 1 is 1.00 bits per heavy atom. The van der Waals surface area contributed by atoms with Crippen molar-refractivity contribution >= 4 is 38.1 Å². The molecule has 1 fully saturated rings. The number of aliphatic hydroxyl groups is 2. The molecular formula is C28H35N3O5S. The van der Waals surface area contributed by atoms with Crippen LogP contribution in [0.5, 0.6) is 0 Å². The summed E-state index contributed by atoms with van der Waals surface area (Å²) in [6.45, 7) is 6.37. The maximum atomic E-state index is 13.4. The van der Waals surface area contributed by atoms with Crippen LogP contribution in [0.4, 0.5) is 11.4 Å². The summed E-state index contributed by atoms with van der Waals surface area (Å²) in [7, 11) is -3.88. The van der Waals surface area contributed by atoms with Gasteiger partial charge in [-0.2, -0.15) is 0 Å². The molecule has 0 aromatic heterocycles. The minimum absolute atomic E-state index is 0.204. The van der Waals surface area contributed by atoms with Crippen LogP contribution in [0.15, 0.2) is 65.6 Å². The fourth-order valence-corrected chi connectivity index (χ4v) is 5.94. The third-order valence-corrected chi connectivity index (χ3v) is 8.55. The molecule has 1 saturated heterocycles. The number of hydrogen-bond acceptors (Lipinski definition) is 6. The number of carbonyl (C=O) groups is 1. The normalized spacial score (nSPS) is 16.5. The van der Waals surface area contributed by atoms with Crippen molar-refractivity contribution in [2.75, 3.05) is 29.7 Å². The number of rotatable bonds is 8. The van der Waals surface area contributed by atoms with E-state index in [0.29, 0.717) is 22.7 Å². The summed E-state index contributed by atoms with van der Waals surface area (Å²) in [5.41, 5.74) is 1.08. The zero-order chi connectivity index (χ0) is 26.8. The minimum Gasteiger partial charge on any atom is -0.395 e. The van der Waals surface area contributed by atoms with Crippen molar-refractivity contribution in [3.8, 4) is 0 Å². The molecule has 1 heterocycles. The molecule has 8 nitrogen and oxygen atoms in total. The Kier molecular flexibility index (Phi) is 7.89. The van der Waals surface area contributed by atoms with Crippen LogP contribution in [0.3, 0.4) is 0 Å². The second kappa shape index (κ2) is 10.8. The van der Waals surface area contributed by atoms with Gasteiger partial charge in [-0.3, -0.25) is 14.4 Å². The lowest BCUT2D eigenvalue weighted by Gasteiger charge is -2.34. The van der Waals surface area contributed by atoms with E-state index >= 15 is 0 Å². The van der Waals surface area contributed by atoms with Crippen molar-refractivity contribution in [2.45, 2.75) is 50.7 Å². The number of benzene rings is 3. The van der Waals surface area contributed by atoms with E-state index in [4.69, 9.17) is 0 Å². The summed E-state index contributed by atoms with van der Waals surface area (Å²) in [5.74, 6) is -0.0328. The SMILES string of the molecule is CC(O)N1CCC(c2ccc(S(=O)(=O)Nc3ccc(NC(=O)C(C)(C)CO)cc3)c3ccccc23)CC1. The van der Waals surface area contributed by atoms with E-state index in [1.165, 1.54) is 0 Å². The Labute approximate surface area is 218 Å². The first-order chi connectivity index (χ1) is 17.5. The van der Waals surface area contributed by atoms with E-state index < -0.39 is 21.7 Å². The van der Waals surface area contributed by atoms with E-state index in [1.807, 2.05) is 35.2 Å². The molecule has 0 spiro atoms. The smallest absolute Gasteiger partial charge is 0.262 e. The van der Waals surface area contributed by atoms with E-state index in [9.17, 15) is 23.4 Å². The molecule has 0 saturated carbocycles. The standard InChI is InChI=1S/C28H35N3O5S/c1-19(33)31-16-14-20(15-17-31)23-12-13-26(25-7-5-4-6-24(23)25)37(35,36)30-22-10-8-21(9-11-22)29-27(34)28(2,3)18-32/h4-13,19-20,30,32-33H,14-18H2,1-3H3,(H,29,34). The van der Waals surface area contributed by atoms with Crippen LogP contribution < -0.4 is 10.0 Å². The van der Waals surface area contributed by atoms with Gasteiger partial charge in [0.05, 0.1) is 16.9 Å². The van der Waals surface area contributed by atoms with Crippen LogP contribution in [-0.4, -0.2) is 55.4 Å². The molecule has 9 heteroatoms. The summed E-state index contributed by atoms with van der Waals surface area (Å²) in [6, 6.07) is 17.6. The third kappa shape index (κ3) is 5.96. The number of carbonyl (C=O) groups excluding carboxylic acids is 1. The van der Waals surface area contributed by atoms with Crippen LogP contribution in [0, 0.1) is 5.41 Å². The van der Waals surface area contributed by atoms with E-state index in [1.54, 1.807) is 51.1 Å². The van der Waals surface area contributed by atoms with Gasteiger partial charge in [0.1, 0.15) is 6.23 Å². The molecule has 4 N–H and O–H groups in total. The largest absolute Gasteiger partial charge is 0.395 e. The van der Waals surface area contributed by atoms with Crippen molar-refractivity contribution in [3.05, 3.63) is 66.2 Å². The number of piperidine rings is 1. The third-order valence-electron chi connectivity index (χ3n) is 7.11. The van der Waals surface area contributed by atoms with Crippen molar-refractivity contribution in [1.29, 1.82) is 0 Å². The number of hydrogen-bond donors (Lipinski definition) is 4. The summed E-state index contributed by atoms with van der Waals surface area (Å²) >= 11 is 0. The highest BCUT2D eigenvalue weighted by molar-refractivity contribution is 7.93. The van der Waals surface area contributed by atoms with Crippen molar-refractivity contribution in [3.63, 3.8) is 0 Å². The van der Waals surface area contributed by atoms with Gasteiger partial charge >= 0.3 is 0 Å². The van der Waals surface area contributed by atoms with E-state index in [-0.39, 0.29) is 17.4 Å². The first-order valence-electron chi connectivity index (χ1n) is 12.5. The van der Waals surface area contributed by atoms with Gasteiger partial charge in [0.15, 0.2) is 0 Å². The molecule has 1 unspecified atom stereocenters. The molecule has 1 atom stereocenters. The highest BCUT2D eigenvalue weighted by Gasteiger charge is 2.27. The monoisotopic (exact) mass is 525 g/mol. The molecule has 1 amide bonds. The zero-order valence-electron chi connectivity index (χ0n) is 21.4. The Balaban J connectivity index is 1.55. The second-order valence-electron chi connectivity index (χ2n) is 10.3. The predicted octanol–water partition coefficient (Wildman–Crippen LogP) is 4.12. The van der Waals surface area contributed by atoms with Crippen LogP contribution >= 0.6 is 0 Å². The number of aliphatic hydroxyl groups excluding tert-OH is 2. The predicted molar refractivity (Wildman–Crippen MR) is 146 cm³/mol. The number of amides is 1. The number of nitrogens with zero attached hydrogens (tertiary/aromatic N) is 1. The first-order valence-corrected chi connectivity index (χ1v) is 14.0. The van der Waals surface area contributed by atoms with Gasteiger partial charge in [0, 0.05) is 29.9 Å². The van der Waals surface area contributed by atoms with Crippen LogP contribution in [0.1, 0.15) is 45.1 Å². The van der Waals surface area contributed by atoms with Crippen LogP contribution in [0.2, 0.25) is 0 Å². The Morgan fingerprint density at radius 3 is 2.19 bits per heavy atom. The molecule has 3 aromatic rings. The molecule has 3 aromatic carbocycles. The second-order valence-corrected chi connectivity index (χ2v) is 12.0. The molecule has 0 radical (unpaired) electrons. The first kappa shape index (κ1) is 27.1. The molecule has 1 aliphatic heterocycles. The maximum absolute atomic E-state index is 13.4. The number of fused-ring (bicyclic) bond motifs is 1. The molecule has 198 valence electrons. The van der Waals surface area contributed by atoms with Crippen molar-refractivity contribution < 1.29 is 23.4 Å². The summed E-state index contributed by atoms with van der Waals surface area (Å²) in [6.07, 6.45) is 1.34. The number of nitrogens with one attached hydrogen (secondary N) is 2. The average Bonchev–Trinajstić information content (AvgIpc) is 2.89. The molecule has 0 bridgehead atoms. The summed E-state index contributed by atoms with van der Waals surface area (Å²) in [5, 5.41) is 23.6. The number of likely N-dealkylation sites (tertiary alicyclic amines) is 1. The van der Waals surface area contributed by atoms with Crippen molar-refractivity contribution in [1.82, 2.24) is 4.90 Å². The lowest BCUT2D eigenvalue weighted by atomic mass is 9.86.